The molecular formula is C24H17F3N2O3S. The largest absolute Gasteiger partial charge is 0.493 e. The van der Waals surface area contributed by atoms with E-state index in [1.54, 1.807) is 23.6 Å². The summed E-state index contributed by atoms with van der Waals surface area (Å²) in [5, 5.41) is 4.82. The minimum absolute atomic E-state index is 0.180. The van der Waals surface area contributed by atoms with Crippen LogP contribution in [0.4, 0.5) is 18.9 Å². The average molecular weight is 470 g/mol. The molecule has 0 fully saturated rings. The van der Waals surface area contributed by atoms with Crippen LogP contribution < -0.4 is 14.8 Å². The fourth-order valence-electron chi connectivity index (χ4n) is 2.98. The molecule has 0 aliphatic heterocycles. The number of nitrogens with one attached hydrogen (secondary N) is 1. The van der Waals surface area contributed by atoms with Gasteiger partial charge in [-0.3, -0.25) is 4.79 Å². The monoisotopic (exact) mass is 470 g/mol. The second kappa shape index (κ2) is 9.74. The zero-order valence-electron chi connectivity index (χ0n) is 17.3. The minimum atomic E-state index is -0.695. The lowest BCUT2D eigenvalue weighted by Gasteiger charge is -2.12. The van der Waals surface area contributed by atoms with Crippen molar-refractivity contribution >= 4 is 22.9 Å². The Labute approximate surface area is 191 Å². The van der Waals surface area contributed by atoms with E-state index in [1.165, 1.54) is 48.8 Å². The van der Waals surface area contributed by atoms with E-state index in [9.17, 15) is 18.0 Å². The van der Waals surface area contributed by atoms with Gasteiger partial charge in [-0.15, -0.1) is 11.3 Å². The molecule has 9 heteroatoms. The number of anilines is 1. The number of halogens is 3. The predicted octanol–water partition coefficient (Wildman–Crippen LogP) is 6.07. The van der Waals surface area contributed by atoms with Gasteiger partial charge in [-0.25, -0.2) is 18.2 Å². The maximum Gasteiger partial charge on any atom is 0.275 e. The molecule has 1 N–H and O–H groups in total. The molecule has 0 atom stereocenters. The number of carbonyl (C=O) groups is 1. The van der Waals surface area contributed by atoms with Crippen LogP contribution in [-0.2, 0) is 6.61 Å². The molecule has 4 aromatic rings. The van der Waals surface area contributed by atoms with Crippen LogP contribution in [0.25, 0.3) is 10.6 Å². The maximum absolute atomic E-state index is 13.8. The van der Waals surface area contributed by atoms with Gasteiger partial charge in [0, 0.05) is 16.6 Å². The third-order valence-corrected chi connectivity index (χ3v) is 5.57. The second-order valence-electron chi connectivity index (χ2n) is 6.85. The van der Waals surface area contributed by atoms with Crippen molar-refractivity contribution in [2.45, 2.75) is 6.61 Å². The summed E-state index contributed by atoms with van der Waals surface area (Å²) in [6.45, 7) is -0.306. The molecule has 0 aliphatic carbocycles. The molecule has 1 heterocycles. The molecule has 0 unspecified atom stereocenters. The Kier molecular flexibility index (Phi) is 6.60. The number of carbonyl (C=O) groups excluding carboxylic acids is 1. The van der Waals surface area contributed by atoms with Crippen molar-refractivity contribution in [2.24, 2.45) is 0 Å². The number of hydrogen-bond donors (Lipinski definition) is 1. The number of rotatable bonds is 7. The summed E-state index contributed by atoms with van der Waals surface area (Å²) in [6.07, 6.45) is 0. The van der Waals surface area contributed by atoms with Crippen LogP contribution in [-0.4, -0.2) is 18.0 Å². The highest BCUT2D eigenvalue weighted by atomic mass is 32.1. The van der Waals surface area contributed by atoms with Crippen LogP contribution in [0.3, 0.4) is 0 Å². The number of ether oxygens (including phenoxy) is 2. The normalized spacial score (nSPS) is 10.7. The number of benzene rings is 3. The van der Waals surface area contributed by atoms with Crippen LogP contribution in [0.2, 0.25) is 0 Å². The van der Waals surface area contributed by atoms with E-state index in [2.05, 4.69) is 10.3 Å². The lowest BCUT2D eigenvalue weighted by Crippen LogP contribution is -2.12. The first-order valence-electron chi connectivity index (χ1n) is 9.71. The van der Waals surface area contributed by atoms with E-state index in [4.69, 9.17) is 9.47 Å². The predicted molar refractivity (Wildman–Crippen MR) is 119 cm³/mol. The summed E-state index contributed by atoms with van der Waals surface area (Å²) >= 11 is 1.26. The number of hydrogen-bond acceptors (Lipinski definition) is 5. The average Bonchev–Trinajstić information content (AvgIpc) is 3.31. The van der Waals surface area contributed by atoms with E-state index >= 15 is 0 Å². The maximum atomic E-state index is 13.8. The zero-order valence-corrected chi connectivity index (χ0v) is 18.1. The van der Waals surface area contributed by atoms with Crippen molar-refractivity contribution in [1.29, 1.82) is 0 Å². The minimum Gasteiger partial charge on any atom is -0.493 e. The van der Waals surface area contributed by atoms with Crippen LogP contribution in [0.15, 0.2) is 66.0 Å². The molecule has 3 aromatic carbocycles. The zero-order chi connectivity index (χ0) is 23.4. The van der Waals surface area contributed by atoms with Gasteiger partial charge in [-0.2, -0.15) is 0 Å². The Morgan fingerprint density at radius 3 is 2.42 bits per heavy atom. The van der Waals surface area contributed by atoms with E-state index in [-0.39, 0.29) is 17.9 Å². The van der Waals surface area contributed by atoms with Crippen molar-refractivity contribution < 1.29 is 27.4 Å². The summed E-state index contributed by atoms with van der Waals surface area (Å²) in [4.78, 5) is 16.8. The van der Waals surface area contributed by atoms with E-state index in [1.807, 2.05) is 0 Å². The molecule has 168 valence electrons. The summed E-state index contributed by atoms with van der Waals surface area (Å²) in [7, 11) is 1.44. The molecule has 1 amide bonds. The van der Waals surface area contributed by atoms with Crippen LogP contribution in [0.1, 0.15) is 16.1 Å². The van der Waals surface area contributed by atoms with Crippen molar-refractivity contribution in [1.82, 2.24) is 4.98 Å². The van der Waals surface area contributed by atoms with Crippen molar-refractivity contribution in [3.63, 3.8) is 0 Å². The molecule has 5 nitrogen and oxygen atoms in total. The molecule has 1 aromatic heterocycles. The Hall–Kier alpha value is -3.85. The quantitative estimate of drug-likeness (QED) is 0.356. The lowest BCUT2D eigenvalue weighted by molar-refractivity contribution is 0.102. The molecule has 0 saturated heterocycles. The third kappa shape index (κ3) is 5.15. The fraction of sp³-hybridized carbons (Fsp3) is 0.0833. The molecular weight excluding hydrogens is 453 g/mol. The topological polar surface area (TPSA) is 60.5 Å². The van der Waals surface area contributed by atoms with Gasteiger partial charge in [0.25, 0.3) is 5.91 Å². The van der Waals surface area contributed by atoms with Gasteiger partial charge in [0.1, 0.15) is 34.8 Å². The van der Waals surface area contributed by atoms with Gasteiger partial charge in [-0.1, -0.05) is 6.07 Å². The van der Waals surface area contributed by atoms with E-state index in [0.717, 1.165) is 12.1 Å². The molecule has 0 spiro atoms. The standard InChI is InChI=1S/C24H17F3N2O3S/c1-31-22-11-14(5-10-21(22)32-12-17-18(26)3-2-4-19(17)27)24-29-20(13-33-24)23(30)28-16-8-6-15(25)7-9-16/h2-11,13H,12H2,1H3,(H,28,30). The highest BCUT2D eigenvalue weighted by Crippen LogP contribution is 2.34. The highest BCUT2D eigenvalue weighted by molar-refractivity contribution is 7.13. The molecule has 33 heavy (non-hydrogen) atoms. The smallest absolute Gasteiger partial charge is 0.275 e. The summed E-state index contributed by atoms with van der Waals surface area (Å²) < 4.78 is 51.6. The second-order valence-corrected chi connectivity index (χ2v) is 7.71. The van der Waals surface area contributed by atoms with E-state index < -0.39 is 23.4 Å². The first-order valence-corrected chi connectivity index (χ1v) is 10.6. The highest BCUT2D eigenvalue weighted by Gasteiger charge is 2.15. The number of thiazole rings is 1. The fourth-order valence-corrected chi connectivity index (χ4v) is 3.78. The summed E-state index contributed by atoms with van der Waals surface area (Å²) in [5.41, 5.74) is 1.14. The number of aromatic nitrogens is 1. The lowest BCUT2D eigenvalue weighted by atomic mass is 10.2. The van der Waals surface area contributed by atoms with Gasteiger partial charge >= 0.3 is 0 Å². The summed E-state index contributed by atoms with van der Waals surface area (Å²) in [5.74, 6) is -1.57. The van der Waals surface area contributed by atoms with Gasteiger partial charge in [0.15, 0.2) is 11.5 Å². The van der Waals surface area contributed by atoms with Crippen molar-refractivity contribution in [3.05, 3.63) is 94.8 Å². The Morgan fingerprint density at radius 1 is 1.00 bits per heavy atom. The Morgan fingerprint density at radius 2 is 1.73 bits per heavy atom. The SMILES string of the molecule is COc1cc(-c2nc(C(=O)Nc3ccc(F)cc3)cs2)ccc1OCc1c(F)cccc1F. The Bertz CT molecular complexity index is 1270. The molecule has 0 aliphatic rings. The van der Waals surface area contributed by atoms with Crippen LogP contribution in [0.5, 0.6) is 11.5 Å². The van der Waals surface area contributed by atoms with Gasteiger partial charge in [0.05, 0.1) is 12.7 Å². The van der Waals surface area contributed by atoms with Gasteiger partial charge in [-0.05, 0) is 54.6 Å². The van der Waals surface area contributed by atoms with Crippen LogP contribution in [0, 0.1) is 17.5 Å². The number of amides is 1. The first kappa shape index (κ1) is 22.3. The van der Waals surface area contributed by atoms with E-state index in [0.29, 0.717) is 27.8 Å². The van der Waals surface area contributed by atoms with Crippen LogP contribution >= 0.6 is 11.3 Å². The van der Waals surface area contributed by atoms with Gasteiger partial charge < -0.3 is 14.8 Å². The number of nitrogens with zero attached hydrogens (tertiary/aromatic N) is 1. The molecule has 4 rings (SSSR count). The third-order valence-electron chi connectivity index (χ3n) is 4.68. The van der Waals surface area contributed by atoms with Crippen molar-refractivity contribution in [2.75, 3.05) is 12.4 Å². The first-order chi connectivity index (χ1) is 15.9. The van der Waals surface area contributed by atoms with Crippen molar-refractivity contribution in [3.8, 4) is 22.1 Å². The molecule has 0 radical (unpaired) electrons. The van der Waals surface area contributed by atoms with Gasteiger partial charge in [0.2, 0.25) is 0 Å². The Balaban J connectivity index is 1.49. The number of methoxy groups -OCH3 is 1. The summed E-state index contributed by atoms with van der Waals surface area (Å²) in [6, 6.07) is 14.0. The molecule has 0 saturated carbocycles. The molecule has 0 bridgehead atoms.